The standard InChI is InChI=1S/C68H98N10O12/c1-43(2)31-55-65(83)87-47(9)61(79)71(11)58(34-46(7)8)68(86)90-60(36-50-21-25-52(26-22-50)40-78-42-54(38-70-78)76-29-17-18-30-76)64(82)74(14)56(32-44(3)4)66(84)88-48(10)62(80)72(12)57(33-45(5)6)67(85)89-59(63(81)73(55)13)35-49-19-23-51(24-20-49)39-77-41-53(37-69-77)75-27-15-16-28-75/h19-26,37-38,41-48,55-60H,15-18,27-36,39-40H2,1-14H3/t47-,48-,55+,56+,57+,58+,59-,60-/m1/s1. The second-order valence-corrected chi connectivity index (χ2v) is 26.6. The van der Waals surface area contributed by atoms with Gasteiger partial charge in [0.25, 0.3) is 23.6 Å². The predicted octanol–water partition coefficient (Wildman–Crippen LogP) is 7.35. The van der Waals surface area contributed by atoms with Crippen LogP contribution in [0.2, 0.25) is 0 Å². The van der Waals surface area contributed by atoms with Gasteiger partial charge >= 0.3 is 23.9 Å². The van der Waals surface area contributed by atoms with Crippen LogP contribution >= 0.6 is 0 Å². The van der Waals surface area contributed by atoms with Crippen molar-refractivity contribution in [2.75, 3.05) is 64.2 Å². The van der Waals surface area contributed by atoms with E-state index < -0.39 is 96.1 Å². The van der Waals surface area contributed by atoms with Crippen LogP contribution in [0.4, 0.5) is 11.4 Å². The first kappa shape index (κ1) is 69.7. The number of cyclic esters (lactones) is 4. The number of likely N-dealkylation sites (N-methyl/N-ethyl adjacent to an activating group) is 4. The molecule has 90 heavy (non-hydrogen) atoms. The Hall–Kier alpha value is -7.78. The molecule has 0 unspecified atom stereocenters. The van der Waals surface area contributed by atoms with E-state index in [4.69, 9.17) is 18.9 Å². The molecule has 7 rings (SSSR count). The maximum atomic E-state index is 15.2. The zero-order valence-corrected chi connectivity index (χ0v) is 55.5. The van der Waals surface area contributed by atoms with E-state index in [0.717, 1.165) is 84.2 Å². The van der Waals surface area contributed by atoms with Gasteiger partial charge in [-0.3, -0.25) is 28.5 Å². The molecule has 4 aromatic rings. The molecule has 3 aliphatic rings. The van der Waals surface area contributed by atoms with Crippen molar-refractivity contribution < 1.29 is 57.3 Å². The number of anilines is 2. The number of nitrogens with zero attached hydrogens (tertiary/aromatic N) is 10. The molecule has 3 saturated heterocycles. The monoisotopic (exact) mass is 1250 g/mol. The molecule has 492 valence electrons. The Morgan fingerprint density at radius 1 is 0.400 bits per heavy atom. The number of aromatic nitrogens is 4. The molecule has 0 spiro atoms. The molecular formula is C68H98N10O12. The van der Waals surface area contributed by atoms with E-state index in [1.807, 2.05) is 138 Å². The fourth-order valence-electron chi connectivity index (χ4n) is 12.0. The van der Waals surface area contributed by atoms with Gasteiger partial charge in [-0.2, -0.15) is 10.2 Å². The van der Waals surface area contributed by atoms with Crippen LogP contribution in [0.25, 0.3) is 0 Å². The van der Waals surface area contributed by atoms with Crippen molar-refractivity contribution in [2.24, 2.45) is 23.7 Å². The first-order valence-electron chi connectivity index (χ1n) is 32.3. The van der Waals surface area contributed by atoms with Gasteiger partial charge in [0.2, 0.25) is 0 Å². The quantitative estimate of drug-likeness (QED) is 0.0700. The normalized spacial score (nSPS) is 23.8. The van der Waals surface area contributed by atoms with Gasteiger partial charge in [-0.05, 0) is 111 Å². The molecule has 3 fully saturated rings. The molecule has 3 aliphatic heterocycles. The molecule has 0 saturated carbocycles. The summed E-state index contributed by atoms with van der Waals surface area (Å²) in [6.45, 7) is 22.6. The fourth-order valence-corrected chi connectivity index (χ4v) is 12.0. The summed E-state index contributed by atoms with van der Waals surface area (Å²) in [5, 5.41) is 9.17. The number of carbonyl (C=O) groups is 8. The maximum absolute atomic E-state index is 15.2. The molecule has 0 radical (unpaired) electrons. The second-order valence-electron chi connectivity index (χ2n) is 26.6. The lowest BCUT2D eigenvalue weighted by atomic mass is 9.99. The maximum Gasteiger partial charge on any atom is 0.329 e. The third-order valence-electron chi connectivity index (χ3n) is 17.2. The smallest absolute Gasteiger partial charge is 0.329 e. The van der Waals surface area contributed by atoms with Crippen molar-refractivity contribution in [2.45, 2.75) is 195 Å². The van der Waals surface area contributed by atoms with Crippen LogP contribution in [0.5, 0.6) is 0 Å². The van der Waals surface area contributed by atoms with Crippen LogP contribution < -0.4 is 9.80 Å². The van der Waals surface area contributed by atoms with Crippen LogP contribution in [-0.2, 0) is 83.2 Å². The average Bonchev–Trinajstić information content (AvgIpc) is 1.55. The minimum absolute atomic E-state index is 0.0842. The molecule has 5 heterocycles. The first-order chi connectivity index (χ1) is 42.7. The van der Waals surface area contributed by atoms with Crippen molar-refractivity contribution >= 4 is 58.9 Å². The van der Waals surface area contributed by atoms with Gasteiger partial charge in [0, 0.05) is 79.6 Å². The van der Waals surface area contributed by atoms with E-state index in [9.17, 15) is 28.8 Å². The Bertz CT molecular complexity index is 2850. The molecular weight excluding hydrogens is 1150 g/mol. The summed E-state index contributed by atoms with van der Waals surface area (Å²) in [6.07, 6.45) is 6.36. The van der Waals surface area contributed by atoms with Crippen molar-refractivity contribution in [3.8, 4) is 0 Å². The second kappa shape index (κ2) is 31.8. The highest BCUT2D eigenvalue weighted by Gasteiger charge is 2.43. The zero-order chi connectivity index (χ0) is 65.7. The largest absolute Gasteiger partial charge is 0.451 e. The molecule has 4 amide bonds. The highest BCUT2D eigenvalue weighted by Crippen LogP contribution is 2.27. The summed E-state index contributed by atoms with van der Waals surface area (Å²) in [6, 6.07) is 9.82. The molecule has 0 aliphatic carbocycles. The Balaban J connectivity index is 1.22. The lowest BCUT2D eigenvalue weighted by molar-refractivity contribution is -0.176. The average molecular weight is 1250 g/mol. The summed E-state index contributed by atoms with van der Waals surface area (Å²) in [5.74, 6) is -7.38. The third kappa shape index (κ3) is 18.7. The van der Waals surface area contributed by atoms with Gasteiger partial charge in [0.15, 0.2) is 24.4 Å². The minimum Gasteiger partial charge on any atom is -0.451 e. The topological polar surface area (TPSA) is 229 Å². The molecule has 2 aromatic carbocycles. The van der Waals surface area contributed by atoms with Crippen molar-refractivity contribution in [3.05, 3.63) is 95.6 Å². The number of esters is 4. The Kier molecular flexibility index (Phi) is 24.6. The van der Waals surface area contributed by atoms with Gasteiger partial charge < -0.3 is 48.3 Å². The van der Waals surface area contributed by atoms with Crippen LogP contribution in [-0.4, -0.2) is 190 Å². The summed E-state index contributed by atoms with van der Waals surface area (Å²) in [5.41, 5.74) is 5.24. The van der Waals surface area contributed by atoms with E-state index in [1.54, 1.807) is 0 Å². The summed E-state index contributed by atoms with van der Waals surface area (Å²) in [7, 11) is 5.63. The van der Waals surface area contributed by atoms with Gasteiger partial charge in [0.1, 0.15) is 24.2 Å². The summed E-state index contributed by atoms with van der Waals surface area (Å²) in [4.78, 5) is 128. The highest BCUT2D eigenvalue weighted by atomic mass is 16.6. The van der Waals surface area contributed by atoms with E-state index >= 15 is 9.59 Å². The highest BCUT2D eigenvalue weighted by molar-refractivity contribution is 5.94. The minimum atomic E-state index is -1.54. The van der Waals surface area contributed by atoms with E-state index in [0.29, 0.717) is 24.2 Å². The molecule has 22 heteroatoms. The predicted molar refractivity (Wildman–Crippen MR) is 341 cm³/mol. The van der Waals surface area contributed by atoms with Crippen LogP contribution in [0.15, 0.2) is 73.3 Å². The van der Waals surface area contributed by atoms with Crippen LogP contribution in [0.1, 0.15) is 143 Å². The van der Waals surface area contributed by atoms with E-state index in [-0.39, 0.29) is 62.2 Å². The van der Waals surface area contributed by atoms with Crippen molar-refractivity contribution in [1.29, 1.82) is 0 Å². The fraction of sp³-hybridized carbons (Fsp3) is 0.618. The number of benzene rings is 2. The Labute approximate surface area is 531 Å². The zero-order valence-electron chi connectivity index (χ0n) is 55.5. The Morgan fingerprint density at radius 2 is 0.667 bits per heavy atom. The molecule has 0 N–H and O–H groups in total. The van der Waals surface area contributed by atoms with Crippen molar-refractivity contribution in [3.63, 3.8) is 0 Å². The number of carbonyl (C=O) groups excluding carboxylic acids is 8. The summed E-state index contributed by atoms with van der Waals surface area (Å²) < 4.78 is 28.2. The first-order valence-corrected chi connectivity index (χ1v) is 32.3. The molecule has 8 atom stereocenters. The number of amides is 4. The molecule has 2 aromatic heterocycles. The van der Waals surface area contributed by atoms with Crippen LogP contribution in [0.3, 0.4) is 0 Å². The van der Waals surface area contributed by atoms with E-state index in [1.165, 1.54) is 51.8 Å². The van der Waals surface area contributed by atoms with Gasteiger partial charge in [-0.1, -0.05) is 104 Å². The van der Waals surface area contributed by atoms with Gasteiger partial charge in [-0.15, -0.1) is 0 Å². The third-order valence-corrected chi connectivity index (χ3v) is 17.2. The SMILES string of the molecule is CC(C)C[C@H]1C(=O)O[C@H](Cc2ccc(Cn3cc(N4CCCC4)cn3)cc2)C(=O)N(C)[C@@H](CC(C)C)C(=O)O[C@H](C)C(=O)N(C)[C@@H](CC(C)C)C(=O)O[C@H](Cc2ccc(Cn3cc(N4CCCC4)cn3)cc2)C(=O)N(C)[C@@H](CC(C)C)C(=O)O[C@H](C)C(=O)N1C. The van der Waals surface area contributed by atoms with Crippen LogP contribution in [0, 0.1) is 23.7 Å². The number of rotatable bonds is 18. The molecule has 22 nitrogen and oxygen atoms in total. The number of hydrogen-bond donors (Lipinski definition) is 0. The van der Waals surface area contributed by atoms with E-state index in [2.05, 4.69) is 20.0 Å². The molecule has 0 bridgehead atoms. The lowest BCUT2D eigenvalue weighted by Gasteiger charge is -2.35. The van der Waals surface area contributed by atoms with Gasteiger partial charge in [0.05, 0.1) is 36.9 Å². The number of hydrogen-bond acceptors (Lipinski definition) is 16. The Morgan fingerprint density at radius 3 is 0.956 bits per heavy atom. The summed E-state index contributed by atoms with van der Waals surface area (Å²) >= 11 is 0. The number of ether oxygens (including phenoxy) is 4. The van der Waals surface area contributed by atoms with Crippen molar-refractivity contribution in [1.82, 2.24) is 39.2 Å². The van der Waals surface area contributed by atoms with Gasteiger partial charge in [-0.25, -0.2) is 19.2 Å². The lowest BCUT2D eigenvalue weighted by Crippen LogP contribution is -2.55.